The first-order chi connectivity index (χ1) is 17.0. The van der Waals surface area contributed by atoms with Gasteiger partial charge in [0.25, 0.3) is 0 Å². The van der Waals surface area contributed by atoms with Gasteiger partial charge in [-0.05, 0) is 28.7 Å². The van der Waals surface area contributed by atoms with E-state index in [1.807, 2.05) is 36.4 Å². The SMILES string of the molecule is O=C(NC1(C(=O)N[C@@H]2CCO[C@@H]2C(=O)O)CCOCC1)OCC1c2ccccc2-c2ccccc21. The van der Waals surface area contributed by atoms with E-state index in [1.165, 1.54) is 0 Å². The van der Waals surface area contributed by atoms with Crippen molar-refractivity contribution in [1.29, 1.82) is 0 Å². The van der Waals surface area contributed by atoms with Crippen molar-refractivity contribution < 1.29 is 33.7 Å². The van der Waals surface area contributed by atoms with Crippen LogP contribution in [0, 0.1) is 0 Å². The summed E-state index contributed by atoms with van der Waals surface area (Å²) in [4.78, 5) is 37.6. The minimum Gasteiger partial charge on any atom is -0.479 e. The van der Waals surface area contributed by atoms with Crippen molar-refractivity contribution in [1.82, 2.24) is 10.6 Å². The fourth-order valence-corrected chi connectivity index (χ4v) is 5.25. The highest BCUT2D eigenvalue weighted by atomic mass is 16.5. The minimum atomic E-state index is -1.24. The number of benzene rings is 2. The molecule has 2 aliphatic heterocycles. The number of carboxylic acids is 1. The van der Waals surface area contributed by atoms with E-state index in [9.17, 15) is 19.5 Å². The molecule has 9 heteroatoms. The van der Waals surface area contributed by atoms with Gasteiger partial charge in [-0.3, -0.25) is 4.79 Å². The van der Waals surface area contributed by atoms with Gasteiger partial charge in [-0.2, -0.15) is 0 Å². The van der Waals surface area contributed by atoms with Crippen molar-refractivity contribution in [3.63, 3.8) is 0 Å². The molecule has 2 aromatic carbocycles. The second kappa shape index (κ2) is 9.67. The van der Waals surface area contributed by atoms with Gasteiger partial charge in [-0.25, -0.2) is 9.59 Å². The molecular weight excluding hydrogens is 452 g/mol. The summed E-state index contributed by atoms with van der Waals surface area (Å²) in [6.07, 6.45) is -0.894. The Morgan fingerprint density at radius 3 is 2.23 bits per heavy atom. The van der Waals surface area contributed by atoms with Crippen LogP contribution in [0.25, 0.3) is 11.1 Å². The summed E-state index contributed by atoms with van der Waals surface area (Å²) in [6.45, 7) is 0.963. The lowest BCUT2D eigenvalue weighted by Crippen LogP contribution is -2.63. The molecule has 0 radical (unpaired) electrons. The molecule has 2 fully saturated rings. The van der Waals surface area contributed by atoms with Crippen molar-refractivity contribution in [3.05, 3.63) is 59.7 Å². The molecule has 0 spiro atoms. The van der Waals surface area contributed by atoms with Crippen LogP contribution >= 0.6 is 0 Å². The number of hydrogen-bond donors (Lipinski definition) is 3. The summed E-state index contributed by atoms with van der Waals surface area (Å²) in [5.74, 6) is -1.67. The lowest BCUT2D eigenvalue weighted by Gasteiger charge is -2.37. The van der Waals surface area contributed by atoms with Crippen LogP contribution in [0.1, 0.15) is 36.3 Å². The van der Waals surface area contributed by atoms with Crippen LogP contribution in [0.2, 0.25) is 0 Å². The van der Waals surface area contributed by atoms with Gasteiger partial charge >= 0.3 is 12.1 Å². The molecule has 3 aliphatic rings. The molecule has 9 nitrogen and oxygen atoms in total. The number of carbonyl (C=O) groups is 3. The van der Waals surface area contributed by atoms with Crippen LogP contribution in [0.5, 0.6) is 0 Å². The standard InChI is InChI=1S/C26H28N2O7/c29-23(30)22-21(9-12-34-22)27-24(31)26(10-13-33-14-11-26)28-25(32)35-15-20-18-7-3-1-5-16(18)17-6-2-4-8-19(17)20/h1-8,20-22H,9-15H2,(H,27,31)(H,28,32)(H,29,30)/t21-,22+/m1/s1. The Bertz CT molecular complexity index is 1080. The Balaban J connectivity index is 1.28. The zero-order chi connectivity index (χ0) is 24.4. The van der Waals surface area contributed by atoms with Crippen molar-refractivity contribution >= 4 is 18.0 Å². The highest BCUT2D eigenvalue weighted by Gasteiger charge is 2.45. The molecule has 184 valence electrons. The molecule has 35 heavy (non-hydrogen) atoms. The molecule has 0 bridgehead atoms. The molecule has 0 aromatic heterocycles. The predicted molar refractivity (Wildman–Crippen MR) is 125 cm³/mol. The highest BCUT2D eigenvalue weighted by Crippen LogP contribution is 2.44. The van der Waals surface area contributed by atoms with E-state index in [-0.39, 0.29) is 32.0 Å². The van der Waals surface area contributed by atoms with Crippen molar-refractivity contribution in [3.8, 4) is 11.1 Å². The molecule has 2 atom stereocenters. The van der Waals surface area contributed by atoms with Crippen molar-refractivity contribution in [2.75, 3.05) is 26.4 Å². The average molecular weight is 481 g/mol. The summed E-state index contributed by atoms with van der Waals surface area (Å²) in [5, 5.41) is 14.9. The predicted octanol–water partition coefficient (Wildman–Crippen LogP) is 2.43. The number of alkyl carbamates (subject to hydrolysis) is 1. The third-order valence-corrected chi connectivity index (χ3v) is 7.12. The topological polar surface area (TPSA) is 123 Å². The van der Waals surface area contributed by atoms with E-state index in [1.54, 1.807) is 0 Å². The third kappa shape index (κ3) is 4.49. The second-order valence-electron chi connectivity index (χ2n) is 9.14. The number of nitrogens with one attached hydrogen (secondary N) is 2. The van der Waals surface area contributed by atoms with E-state index in [2.05, 4.69) is 22.8 Å². The maximum Gasteiger partial charge on any atom is 0.408 e. The molecule has 2 heterocycles. The van der Waals surface area contributed by atoms with Crippen LogP contribution < -0.4 is 10.6 Å². The number of aliphatic carboxylic acids is 1. The Morgan fingerprint density at radius 1 is 0.971 bits per heavy atom. The molecular formula is C26H28N2O7. The van der Waals surface area contributed by atoms with Gasteiger partial charge in [0.2, 0.25) is 5.91 Å². The lowest BCUT2D eigenvalue weighted by molar-refractivity contribution is -0.148. The van der Waals surface area contributed by atoms with Crippen LogP contribution in [0.15, 0.2) is 48.5 Å². The van der Waals surface area contributed by atoms with Crippen LogP contribution in [-0.4, -0.2) is 67.2 Å². The Hall–Kier alpha value is -3.43. The Labute approximate surface area is 202 Å². The molecule has 2 amide bonds. The minimum absolute atomic E-state index is 0.0976. The van der Waals surface area contributed by atoms with Gasteiger partial charge in [-0.15, -0.1) is 0 Å². The number of carbonyl (C=O) groups excluding carboxylic acids is 2. The first kappa shape index (κ1) is 23.3. The van der Waals surface area contributed by atoms with Crippen LogP contribution in [0.3, 0.4) is 0 Å². The fraction of sp³-hybridized carbons (Fsp3) is 0.423. The monoisotopic (exact) mass is 480 g/mol. The van der Waals surface area contributed by atoms with Crippen molar-refractivity contribution in [2.45, 2.75) is 42.9 Å². The van der Waals surface area contributed by atoms with E-state index in [0.717, 1.165) is 22.3 Å². The summed E-state index contributed by atoms with van der Waals surface area (Å²) in [6, 6.07) is 15.5. The molecule has 0 unspecified atom stereocenters. The van der Waals surface area contributed by atoms with E-state index < -0.39 is 35.7 Å². The highest BCUT2D eigenvalue weighted by molar-refractivity contribution is 5.91. The Morgan fingerprint density at radius 2 is 1.60 bits per heavy atom. The summed E-state index contributed by atoms with van der Waals surface area (Å²) in [7, 11) is 0. The summed E-state index contributed by atoms with van der Waals surface area (Å²) in [5.41, 5.74) is 3.21. The molecule has 5 rings (SSSR count). The molecule has 3 N–H and O–H groups in total. The smallest absolute Gasteiger partial charge is 0.408 e. The summed E-state index contributed by atoms with van der Waals surface area (Å²) >= 11 is 0. The zero-order valence-electron chi connectivity index (χ0n) is 19.2. The number of ether oxygens (including phenoxy) is 3. The number of fused-ring (bicyclic) bond motifs is 3. The van der Waals surface area contributed by atoms with Gasteiger partial charge in [0.1, 0.15) is 12.1 Å². The van der Waals surface area contributed by atoms with Crippen LogP contribution in [-0.2, 0) is 23.8 Å². The largest absolute Gasteiger partial charge is 0.479 e. The second-order valence-corrected chi connectivity index (χ2v) is 9.14. The van der Waals surface area contributed by atoms with Gasteiger partial charge in [0.15, 0.2) is 6.10 Å². The van der Waals surface area contributed by atoms with Crippen molar-refractivity contribution in [2.24, 2.45) is 0 Å². The Kier molecular flexibility index (Phi) is 6.44. The molecule has 2 aromatic rings. The lowest BCUT2D eigenvalue weighted by atomic mass is 9.88. The number of rotatable bonds is 6. The van der Waals surface area contributed by atoms with E-state index in [0.29, 0.717) is 19.6 Å². The first-order valence-corrected chi connectivity index (χ1v) is 11.8. The zero-order valence-corrected chi connectivity index (χ0v) is 19.2. The summed E-state index contributed by atoms with van der Waals surface area (Å²) < 4.78 is 16.3. The third-order valence-electron chi connectivity index (χ3n) is 7.12. The van der Waals surface area contributed by atoms with Crippen LogP contribution in [0.4, 0.5) is 4.79 Å². The van der Waals surface area contributed by atoms with Gasteiger partial charge < -0.3 is 30.0 Å². The fourth-order valence-electron chi connectivity index (χ4n) is 5.25. The number of carboxylic acid groups (broad SMARTS) is 1. The van der Waals surface area contributed by atoms with E-state index >= 15 is 0 Å². The van der Waals surface area contributed by atoms with Gasteiger partial charge in [-0.1, -0.05) is 48.5 Å². The van der Waals surface area contributed by atoms with Gasteiger partial charge in [0.05, 0.1) is 6.04 Å². The average Bonchev–Trinajstić information content (AvgIpc) is 3.46. The molecule has 0 saturated carbocycles. The number of amides is 2. The maximum atomic E-state index is 13.3. The maximum absolute atomic E-state index is 13.3. The normalized spacial score (nSPS) is 22.6. The molecule has 2 saturated heterocycles. The number of hydrogen-bond acceptors (Lipinski definition) is 6. The van der Waals surface area contributed by atoms with Gasteiger partial charge in [0, 0.05) is 38.6 Å². The quantitative estimate of drug-likeness (QED) is 0.580. The first-order valence-electron chi connectivity index (χ1n) is 11.8. The molecule has 1 aliphatic carbocycles. The van der Waals surface area contributed by atoms with E-state index in [4.69, 9.17) is 14.2 Å².